The second kappa shape index (κ2) is 8.62. The molecule has 37 heavy (non-hydrogen) atoms. The van der Waals surface area contributed by atoms with Gasteiger partial charge in [-0.3, -0.25) is 9.36 Å². The summed E-state index contributed by atoms with van der Waals surface area (Å²) in [4.78, 5) is 4.35. The largest absolute Gasteiger partial charge is 0.482 e. The summed E-state index contributed by atoms with van der Waals surface area (Å²) in [6, 6.07) is 6.22. The first kappa shape index (κ1) is 23.5. The predicted octanol–water partition coefficient (Wildman–Crippen LogP) is 5.36. The van der Waals surface area contributed by atoms with Gasteiger partial charge < -0.3 is 15.2 Å². The number of nitrogens with zero attached hydrogens (tertiary/aromatic N) is 5. The average molecular weight is 511 g/mol. The topological polar surface area (TPSA) is 93.0 Å². The van der Waals surface area contributed by atoms with Crippen LogP contribution in [0.3, 0.4) is 0 Å². The van der Waals surface area contributed by atoms with Gasteiger partial charge in [0.05, 0.1) is 17.1 Å². The SMILES string of the molecule is CCn1nc2c3c1-c1cnc(N)c(c1)O[C@H](C)c1cc(F)ccc1-c1nn(C)cc1[C@H]3CC2OC(F)F. The number of nitrogen functional groups attached to an aromatic ring is 1. The number of rotatable bonds is 3. The number of nitrogens with two attached hydrogens (primary N) is 1. The fourth-order valence-corrected chi connectivity index (χ4v) is 5.57. The number of fused-ring (bicyclic) bond motifs is 7. The Morgan fingerprint density at radius 1 is 1.22 bits per heavy atom. The van der Waals surface area contributed by atoms with Crippen LogP contribution in [0.15, 0.2) is 36.7 Å². The maximum Gasteiger partial charge on any atom is 0.345 e. The highest BCUT2D eigenvalue weighted by atomic mass is 19.3. The van der Waals surface area contributed by atoms with Gasteiger partial charge >= 0.3 is 6.61 Å². The Labute approximate surface area is 210 Å². The lowest BCUT2D eigenvalue weighted by Gasteiger charge is -2.22. The molecule has 4 heterocycles. The summed E-state index contributed by atoms with van der Waals surface area (Å²) in [6.45, 7) is 1.28. The van der Waals surface area contributed by atoms with E-state index in [4.69, 9.17) is 25.4 Å². The molecule has 0 amide bonds. The van der Waals surface area contributed by atoms with Crippen molar-refractivity contribution in [3.05, 3.63) is 64.9 Å². The highest BCUT2D eigenvalue weighted by molar-refractivity contribution is 5.74. The maximum absolute atomic E-state index is 14.5. The van der Waals surface area contributed by atoms with Gasteiger partial charge in [0.2, 0.25) is 0 Å². The zero-order valence-corrected chi connectivity index (χ0v) is 20.5. The molecule has 192 valence electrons. The first-order valence-electron chi connectivity index (χ1n) is 12.0. The summed E-state index contributed by atoms with van der Waals surface area (Å²) >= 11 is 0. The molecule has 3 aromatic heterocycles. The molecule has 2 N–H and O–H groups in total. The molecular formula is C26H25F3N6O2. The molecule has 8 nitrogen and oxygen atoms in total. The molecule has 1 aliphatic carbocycles. The van der Waals surface area contributed by atoms with E-state index < -0.39 is 24.6 Å². The van der Waals surface area contributed by atoms with Crippen LogP contribution in [0.25, 0.3) is 22.5 Å². The minimum absolute atomic E-state index is 0.179. The van der Waals surface area contributed by atoms with Crippen LogP contribution in [0.4, 0.5) is 19.0 Å². The minimum Gasteiger partial charge on any atom is -0.482 e. The van der Waals surface area contributed by atoms with E-state index in [1.54, 1.807) is 41.7 Å². The third-order valence-electron chi connectivity index (χ3n) is 7.09. The van der Waals surface area contributed by atoms with Crippen LogP contribution in [-0.4, -0.2) is 31.2 Å². The molecule has 11 heteroatoms. The summed E-state index contributed by atoms with van der Waals surface area (Å²) in [6.07, 6.45) is 2.25. The van der Waals surface area contributed by atoms with E-state index >= 15 is 0 Å². The summed E-state index contributed by atoms with van der Waals surface area (Å²) in [5.74, 6) is -0.264. The molecule has 2 bridgehead atoms. The summed E-state index contributed by atoms with van der Waals surface area (Å²) in [5, 5.41) is 9.43. The summed E-state index contributed by atoms with van der Waals surface area (Å²) in [7, 11) is 1.79. The molecular weight excluding hydrogens is 485 g/mol. The lowest BCUT2D eigenvalue weighted by molar-refractivity contribution is -0.165. The highest BCUT2D eigenvalue weighted by Crippen LogP contribution is 2.52. The zero-order valence-electron chi connectivity index (χ0n) is 20.5. The van der Waals surface area contributed by atoms with E-state index in [9.17, 15) is 13.2 Å². The quantitative estimate of drug-likeness (QED) is 0.399. The molecule has 2 aliphatic rings. The fourth-order valence-electron chi connectivity index (χ4n) is 5.57. The first-order valence-corrected chi connectivity index (χ1v) is 12.0. The van der Waals surface area contributed by atoms with Gasteiger partial charge in [-0.1, -0.05) is 0 Å². The second-order valence-electron chi connectivity index (χ2n) is 9.34. The van der Waals surface area contributed by atoms with Crippen molar-refractivity contribution in [2.24, 2.45) is 7.05 Å². The number of pyridine rings is 1. The van der Waals surface area contributed by atoms with Crippen LogP contribution in [0.5, 0.6) is 5.75 Å². The van der Waals surface area contributed by atoms with Gasteiger partial charge in [0.15, 0.2) is 11.6 Å². The van der Waals surface area contributed by atoms with Gasteiger partial charge in [-0.05, 0) is 44.5 Å². The second-order valence-corrected chi connectivity index (χ2v) is 9.34. The van der Waals surface area contributed by atoms with Crippen molar-refractivity contribution < 1.29 is 22.6 Å². The Kier molecular flexibility index (Phi) is 5.48. The van der Waals surface area contributed by atoms with Gasteiger partial charge in [0.1, 0.15) is 18.0 Å². The van der Waals surface area contributed by atoms with Crippen LogP contribution in [0, 0.1) is 5.82 Å². The van der Waals surface area contributed by atoms with E-state index in [-0.39, 0.29) is 18.2 Å². The first-order chi connectivity index (χ1) is 17.7. The summed E-state index contributed by atoms with van der Waals surface area (Å²) < 4.78 is 56.1. The number of halogens is 3. The Morgan fingerprint density at radius 2 is 2.03 bits per heavy atom. The fraction of sp³-hybridized carbons (Fsp3) is 0.346. The zero-order chi connectivity index (χ0) is 26.0. The van der Waals surface area contributed by atoms with Crippen molar-refractivity contribution in [1.29, 1.82) is 0 Å². The number of hydrogen-bond donors (Lipinski definition) is 1. The van der Waals surface area contributed by atoms with E-state index in [2.05, 4.69) is 4.98 Å². The number of anilines is 1. The molecule has 1 unspecified atom stereocenters. The smallest absolute Gasteiger partial charge is 0.345 e. The van der Waals surface area contributed by atoms with Crippen LogP contribution >= 0.6 is 0 Å². The molecule has 1 aliphatic heterocycles. The van der Waals surface area contributed by atoms with Gasteiger partial charge in [-0.2, -0.15) is 19.0 Å². The van der Waals surface area contributed by atoms with Crippen LogP contribution in [0.2, 0.25) is 0 Å². The van der Waals surface area contributed by atoms with E-state index in [1.165, 1.54) is 12.1 Å². The van der Waals surface area contributed by atoms with Crippen molar-refractivity contribution >= 4 is 5.82 Å². The minimum atomic E-state index is -2.95. The number of aryl methyl sites for hydroxylation is 2. The van der Waals surface area contributed by atoms with Crippen LogP contribution in [-0.2, 0) is 18.3 Å². The lowest BCUT2D eigenvalue weighted by atomic mass is 9.88. The molecule has 0 radical (unpaired) electrons. The average Bonchev–Trinajstić information content (AvgIpc) is 3.52. The third kappa shape index (κ3) is 3.76. The maximum atomic E-state index is 14.5. The van der Waals surface area contributed by atoms with Crippen molar-refractivity contribution in [1.82, 2.24) is 24.5 Å². The van der Waals surface area contributed by atoms with E-state index in [0.29, 0.717) is 40.4 Å². The Bertz CT molecular complexity index is 1510. The van der Waals surface area contributed by atoms with Gasteiger partial charge in [0, 0.05) is 59.7 Å². The number of hydrogen-bond acceptors (Lipinski definition) is 6. The van der Waals surface area contributed by atoms with Gasteiger partial charge in [-0.15, -0.1) is 0 Å². The third-order valence-corrected chi connectivity index (χ3v) is 7.09. The van der Waals surface area contributed by atoms with E-state index in [1.807, 2.05) is 13.1 Å². The van der Waals surface area contributed by atoms with Crippen molar-refractivity contribution in [2.45, 2.75) is 51.6 Å². The number of alkyl halides is 2. The number of aromatic nitrogens is 5. The molecule has 0 saturated heterocycles. The number of benzene rings is 1. The molecule has 4 aromatic rings. The highest BCUT2D eigenvalue weighted by Gasteiger charge is 2.42. The number of ether oxygens (including phenoxy) is 2. The molecule has 1 aromatic carbocycles. The van der Waals surface area contributed by atoms with Crippen molar-refractivity contribution in [3.63, 3.8) is 0 Å². The molecule has 6 rings (SSSR count). The molecule has 0 fully saturated rings. The molecule has 0 spiro atoms. The predicted molar refractivity (Wildman–Crippen MR) is 129 cm³/mol. The summed E-state index contributed by atoms with van der Waals surface area (Å²) in [5.41, 5.74) is 11.5. The van der Waals surface area contributed by atoms with Crippen LogP contribution < -0.4 is 10.5 Å². The Morgan fingerprint density at radius 3 is 2.78 bits per heavy atom. The van der Waals surface area contributed by atoms with Crippen molar-refractivity contribution in [2.75, 3.05) is 5.73 Å². The Balaban J connectivity index is 1.69. The standard InChI is InChI=1S/C26H25F3N6O2/c1-4-35-24-13-7-20(25(30)31-10-13)36-12(2)16-8-14(27)5-6-15(16)22-18(11-34(3)32-22)17-9-19(37-26(28)29)23(33-35)21(17)24/h5-8,10-12,17,19,26H,4,9H2,1-3H3,(H2,30,31)/t12-,17-,19?/m1/s1. The normalized spacial score (nSPS) is 20.0. The van der Waals surface area contributed by atoms with Crippen LogP contribution in [0.1, 0.15) is 60.8 Å². The van der Waals surface area contributed by atoms with Gasteiger partial charge in [0.25, 0.3) is 0 Å². The Hall–Kier alpha value is -3.86. The van der Waals surface area contributed by atoms with Gasteiger partial charge in [-0.25, -0.2) is 9.37 Å². The van der Waals surface area contributed by atoms with E-state index in [0.717, 1.165) is 16.8 Å². The monoisotopic (exact) mass is 510 g/mol. The molecule has 0 saturated carbocycles. The van der Waals surface area contributed by atoms with Crippen molar-refractivity contribution in [3.8, 4) is 28.3 Å². The lowest BCUT2D eigenvalue weighted by Crippen LogP contribution is -2.12. The molecule has 3 atom stereocenters.